The zero-order valence-corrected chi connectivity index (χ0v) is 56.2. The summed E-state index contributed by atoms with van der Waals surface area (Å²) in [4.78, 5) is 145. The van der Waals surface area contributed by atoms with Crippen molar-refractivity contribution in [3.05, 3.63) is 147 Å². The molecule has 1 saturated carbocycles. The Bertz CT molecular complexity index is 4360. The fourth-order valence-electron chi connectivity index (χ4n) is 10.6. The maximum atomic E-state index is 14.5. The highest BCUT2D eigenvalue weighted by atomic mass is 32.1. The summed E-state index contributed by atoms with van der Waals surface area (Å²) in [5, 5.41) is 54.3. The van der Waals surface area contributed by atoms with Crippen molar-refractivity contribution >= 4 is 121 Å². The van der Waals surface area contributed by atoms with E-state index in [0.717, 1.165) is 56.7 Å². The number of carboxylic acid groups (broad SMARTS) is 2. The third kappa shape index (κ3) is 15.5. The largest absolute Gasteiger partial charge is 0.481 e. The summed E-state index contributed by atoms with van der Waals surface area (Å²) in [6.07, 6.45) is -1.62. The minimum atomic E-state index is -1.32. The number of aromatic nitrogens is 7. The zero-order valence-electron chi connectivity index (χ0n) is 51.3. The van der Waals surface area contributed by atoms with Crippen molar-refractivity contribution in [2.24, 2.45) is 11.8 Å². The number of aliphatic carboxylic acids is 1. The van der Waals surface area contributed by atoms with Gasteiger partial charge < -0.3 is 51.4 Å². The van der Waals surface area contributed by atoms with Crippen molar-refractivity contribution in [1.29, 1.82) is 0 Å². The number of hydrogen-bond donors (Lipinski definition) is 8. The van der Waals surface area contributed by atoms with Gasteiger partial charge >= 0.3 is 18.0 Å². The lowest BCUT2D eigenvalue weighted by Gasteiger charge is -2.28. The summed E-state index contributed by atoms with van der Waals surface area (Å²) in [5.41, 5.74) is 2.72. The normalized spacial score (nSPS) is 18.2. The SMILES string of the molecule is CNC(=O)C[C@@H]1NC(=O)c2csc(n2)-c2ccc(-c3nc(N(Cc4cccc(C(=O)O)c4)C(=O)OC4CCC(C(=O)O)CC4)cs3)nc2-c2csc(n2)-c2csc(n2)[C@H]([C@@H](O)c2ccccc2)NC(=O)CNC(=O)c2nc(sc2COC)[C@H](C(C)C)NC(=O)c2nc1sc2C. The molecule has 0 spiro atoms. The Kier molecular flexibility index (Phi) is 21.0. The number of fused-ring (bicyclic) bond motifs is 14. The van der Waals surface area contributed by atoms with Crippen molar-refractivity contribution in [3.63, 3.8) is 0 Å². The standard InChI is InChI=1S/C63H61N13O13S6/c1-29(2)46-60-75-49(42(95-60)24-88-5)53(81)65-22-45(78)72-50(51(79)32-11-7-6-8-12-32)59-70-41(27-92-59)57-68-39(25-91-57)48-36(55-69-40(26-90-55)52(80)67-38(21-44(77)64-4)58-74-47(30(3)94-58)54(82)73-46)18-19-37(66-48)56-71-43(28-93-56)76(23-31-10-9-13-34(20-31)62(85)86)63(87)89-35-16-14-33(15-17-35)61(83)84/h6-13,18-20,25-29,33,35,38,46,50-51,79H,14-17,21-24H2,1-5H3,(H,64,77)(H,65,81)(H,67,80)(H,72,78)(H,73,82)(H,83,84)(H,85,86)/t33?,35?,38-,46-,50-,51-/m0/s1. The van der Waals surface area contributed by atoms with E-state index in [0.29, 0.717) is 94.2 Å². The number of carbonyl (C=O) groups excluding carboxylic acids is 6. The monoisotopic (exact) mass is 1400 g/mol. The van der Waals surface area contributed by atoms with E-state index in [1.54, 1.807) is 83.0 Å². The highest BCUT2D eigenvalue weighted by Gasteiger charge is 2.35. The molecular formula is C63H61N13O13S6. The number of pyridine rings is 1. The molecule has 8 N–H and O–H groups in total. The molecule has 2 aromatic carbocycles. The van der Waals surface area contributed by atoms with E-state index in [-0.39, 0.29) is 64.7 Å². The van der Waals surface area contributed by atoms with Crippen molar-refractivity contribution < 1.29 is 63.1 Å². The molecule has 11 rings (SSSR count). The van der Waals surface area contributed by atoms with Gasteiger partial charge in [-0.15, -0.1) is 68.0 Å². The van der Waals surface area contributed by atoms with E-state index in [4.69, 9.17) is 44.4 Å². The Morgan fingerprint density at radius 3 is 2.14 bits per heavy atom. The van der Waals surface area contributed by atoms with Crippen LogP contribution in [0.25, 0.3) is 43.4 Å². The second-order valence-electron chi connectivity index (χ2n) is 22.4. The summed E-state index contributed by atoms with van der Waals surface area (Å²) < 4.78 is 11.5. The average molecular weight is 1400 g/mol. The van der Waals surface area contributed by atoms with E-state index in [9.17, 15) is 53.7 Å². The highest BCUT2D eigenvalue weighted by molar-refractivity contribution is 7.15. The smallest absolute Gasteiger partial charge is 0.416 e. The number of thiazole rings is 6. The first-order valence-electron chi connectivity index (χ1n) is 29.7. The van der Waals surface area contributed by atoms with Crippen LogP contribution in [0.5, 0.6) is 0 Å². The number of nitrogens with one attached hydrogen (secondary N) is 5. The van der Waals surface area contributed by atoms with Crippen LogP contribution in [0.2, 0.25) is 0 Å². The minimum absolute atomic E-state index is 0.00115. The molecule has 10 bridgehead atoms. The molecule has 0 radical (unpaired) electrons. The van der Waals surface area contributed by atoms with Gasteiger partial charge in [0.1, 0.15) is 88.3 Å². The number of rotatable bonds is 14. The van der Waals surface area contributed by atoms with Crippen LogP contribution in [0.3, 0.4) is 0 Å². The number of aliphatic hydroxyl groups is 1. The van der Waals surface area contributed by atoms with Gasteiger partial charge in [-0.1, -0.05) is 56.3 Å². The molecule has 9 aromatic rings. The Labute approximate surface area is 566 Å². The van der Waals surface area contributed by atoms with Crippen LogP contribution in [0.1, 0.15) is 148 Å². The van der Waals surface area contributed by atoms with Crippen LogP contribution in [0.4, 0.5) is 10.6 Å². The lowest BCUT2D eigenvalue weighted by molar-refractivity contribution is -0.143. The number of ether oxygens (including phenoxy) is 2. The van der Waals surface area contributed by atoms with Crippen molar-refractivity contribution in [2.45, 2.75) is 96.4 Å². The second-order valence-corrected chi connectivity index (χ2v) is 28.2. The van der Waals surface area contributed by atoms with Crippen LogP contribution in [0, 0.1) is 18.8 Å². The maximum absolute atomic E-state index is 14.5. The summed E-state index contributed by atoms with van der Waals surface area (Å²) in [6.45, 7) is 4.74. The Balaban J connectivity index is 0.983. The lowest BCUT2D eigenvalue weighted by atomic mass is 9.87. The molecule has 1 aliphatic carbocycles. The fraction of sp³-hybridized carbons (Fsp3) is 0.317. The van der Waals surface area contributed by atoms with Crippen LogP contribution in [0.15, 0.2) is 88.3 Å². The summed E-state index contributed by atoms with van der Waals surface area (Å²) in [6, 6.07) is 15.3. The van der Waals surface area contributed by atoms with E-state index in [1.165, 1.54) is 42.5 Å². The number of carbonyl (C=O) groups is 8. The topological polar surface area (TPSA) is 369 Å². The van der Waals surface area contributed by atoms with Gasteiger partial charge in [0, 0.05) is 46.1 Å². The number of hydrogen-bond acceptors (Lipinski definition) is 24. The van der Waals surface area contributed by atoms with Crippen LogP contribution < -0.4 is 31.5 Å². The molecule has 1 aliphatic heterocycles. The van der Waals surface area contributed by atoms with Crippen LogP contribution in [-0.4, -0.2) is 125 Å². The van der Waals surface area contributed by atoms with E-state index in [2.05, 4.69) is 26.6 Å². The van der Waals surface area contributed by atoms with Crippen molar-refractivity contribution in [1.82, 2.24) is 61.5 Å². The van der Waals surface area contributed by atoms with Crippen LogP contribution in [-0.2, 0) is 37.0 Å². The third-order valence-corrected chi connectivity index (χ3v) is 21.3. The van der Waals surface area contributed by atoms with Gasteiger partial charge in [-0.3, -0.25) is 33.7 Å². The molecular weight excluding hydrogens is 1340 g/mol. The molecule has 7 aromatic heterocycles. The highest BCUT2D eigenvalue weighted by Crippen LogP contribution is 2.41. The Morgan fingerprint density at radius 1 is 0.684 bits per heavy atom. The number of benzene rings is 2. The van der Waals surface area contributed by atoms with Gasteiger partial charge in [-0.25, -0.2) is 44.5 Å². The number of aryl methyl sites for hydroxylation is 1. The number of nitrogens with zero attached hydrogens (tertiary/aromatic N) is 8. The van der Waals surface area contributed by atoms with Crippen LogP contribution >= 0.6 is 68.0 Å². The molecule has 95 heavy (non-hydrogen) atoms. The average Bonchev–Trinajstić information content (AvgIpc) is 1.69. The number of aliphatic hydroxyl groups excluding tert-OH is 1. The molecule has 8 heterocycles. The van der Waals surface area contributed by atoms with E-state index >= 15 is 0 Å². The predicted molar refractivity (Wildman–Crippen MR) is 356 cm³/mol. The molecule has 32 heteroatoms. The van der Waals surface area contributed by atoms with E-state index in [1.807, 2.05) is 13.8 Å². The number of anilines is 1. The summed E-state index contributed by atoms with van der Waals surface area (Å²) in [5.74, 6) is -5.76. The first kappa shape index (κ1) is 67.3. The lowest BCUT2D eigenvalue weighted by Crippen LogP contribution is -2.40. The molecule has 6 amide bonds. The quantitative estimate of drug-likeness (QED) is 0.0502. The van der Waals surface area contributed by atoms with Gasteiger partial charge in [0.2, 0.25) is 11.8 Å². The third-order valence-electron chi connectivity index (χ3n) is 15.5. The first-order chi connectivity index (χ1) is 45.7. The summed E-state index contributed by atoms with van der Waals surface area (Å²) in [7, 11) is 2.92. The summed E-state index contributed by atoms with van der Waals surface area (Å²) >= 11 is 6.96. The maximum Gasteiger partial charge on any atom is 0.416 e. The Morgan fingerprint density at radius 2 is 1.40 bits per heavy atom. The molecule has 0 saturated heterocycles. The van der Waals surface area contributed by atoms with Gasteiger partial charge in [0.15, 0.2) is 0 Å². The number of methoxy groups -OCH3 is 1. The number of aromatic carboxylic acids is 1. The molecule has 0 unspecified atom stereocenters. The predicted octanol–water partition coefficient (Wildman–Crippen LogP) is 9.80. The number of carboxylic acids is 2. The Hall–Kier alpha value is -9.15. The zero-order chi connectivity index (χ0) is 67.2. The molecule has 1 fully saturated rings. The minimum Gasteiger partial charge on any atom is -0.481 e. The van der Waals surface area contributed by atoms with Gasteiger partial charge in [-0.05, 0) is 73.9 Å². The van der Waals surface area contributed by atoms with Crippen molar-refractivity contribution in [2.75, 3.05) is 25.6 Å². The molecule has 492 valence electrons. The number of amides is 6. The second kappa shape index (κ2) is 29.6. The molecule has 26 nitrogen and oxygen atoms in total. The first-order valence-corrected chi connectivity index (χ1v) is 34.8. The van der Waals surface area contributed by atoms with E-state index < -0.39 is 90.4 Å². The van der Waals surface area contributed by atoms with Gasteiger partial charge in [0.05, 0.1) is 60.3 Å². The van der Waals surface area contributed by atoms with Crippen molar-refractivity contribution in [3.8, 4) is 43.4 Å². The van der Waals surface area contributed by atoms with Gasteiger partial charge in [0.25, 0.3) is 17.7 Å². The molecule has 2 aliphatic rings. The fourth-order valence-corrected chi connectivity index (χ4v) is 16.1. The van der Waals surface area contributed by atoms with Gasteiger partial charge in [-0.2, -0.15) is 0 Å². The molecule has 4 atom stereocenters.